The summed E-state index contributed by atoms with van der Waals surface area (Å²) in [4.78, 5) is 13.6. The number of azide groups is 1. The highest BCUT2D eigenvalue weighted by atomic mass is 16.2. The number of carbonyl (C=O) groups excluding carboxylic acids is 1. The van der Waals surface area contributed by atoms with Crippen molar-refractivity contribution in [3.05, 3.63) is 10.4 Å². The van der Waals surface area contributed by atoms with Crippen LogP contribution in [-0.4, -0.2) is 32.6 Å². The minimum Gasteiger partial charge on any atom is -0.358 e. The number of nitrogens with one attached hydrogen (secondary N) is 2. The molecule has 0 aromatic rings. The molecule has 0 fully saturated rings. The Balaban J connectivity index is 3.82. The van der Waals surface area contributed by atoms with Crippen LogP contribution in [0.15, 0.2) is 5.11 Å². The first-order valence-electron chi connectivity index (χ1n) is 3.66. The molecule has 0 spiro atoms. The zero-order valence-corrected chi connectivity index (χ0v) is 7.24. The molecule has 0 radical (unpaired) electrons. The molecule has 0 heterocycles. The second-order valence-electron chi connectivity index (χ2n) is 2.20. The molecular weight excluding hydrogens is 158 g/mol. The van der Waals surface area contributed by atoms with Crippen molar-refractivity contribution in [1.29, 1.82) is 0 Å². The fourth-order valence-corrected chi connectivity index (χ4v) is 0.812. The lowest BCUT2D eigenvalue weighted by Crippen LogP contribution is -2.41. The van der Waals surface area contributed by atoms with E-state index in [0.29, 0.717) is 13.0 Å². The van der Waals surface area contributed by atoms with Crippen molar-refractivity contribution >= 4 is 5.91 Å². The Morgan fingerprint density at radius 1 is 1.67 bits per heavy atom. The van der Waals surface area contributed by atoms with Gasteiger partial charge in [0.25, 0.3) is 0 Å². The summed E-state index contributed by atoms with van der Waals surface area (Å²) in [6.45, 7) is 0.329. The maximum Gasteiger partial charge on any atom is 0.236 e. The van der Waals surface area contributed by atoms with E-state index in [1.54, 1.807) is 14.1 Å². The van der Waals surface area contributed by atoms with Gasteiger partial charge in [0.15, 0.2) is 0 Å². The number of carbonyl (C=O) groups is 1. The molecule has 0 aliphatic rings. The Labute approximate surface area is 71.0 Å². The normalized spacial score (nSPS) is 11.5. The summed E-state index contributed by atoms with van der Waals surface area (Å²) in [7, 11) is 3.26. The maximum atomic E-state index is 11.0. The molecule has 0 aliphatic carbocycles. The fourth-order valence-electron chi connectivity index (χ4n) is 0.812. The molecule has 1 atom stereocenters. The van der Waals surface area contributed by atoms with E-state index in [1.807, 2.05) is 0 Å². The number of likely N-dealkylation sites (N-methyl/N-ethyl adjacent to an activating group) is 2. The van der Waals surface area contributed by atoms with Gasteiger partial charge >= 0.3 is 0 Å². The molecule has 0 bridgehead atoms. The summed E-state index contributed by atoms with van der Waals surface area (Å²) in [6.07, 6.45) is 0.514. The summed E-state index contributed by atoms with van der Waals surface area (Å²) < 4.78 is 0. The van der Waals surface area contributed by atoms with Crippen LogP contribution in [-0.2, 0) is 4.79 Å². The Hall–Kier alpha value is -1.26. The molecule has 6 nitrogen and oxygen atoms in total. The van der Waals surface area contributed by atoms with Gasteiger partial charge in [0.1, 0.15) is 0 Å². The van der Waals surface area contributed by atoms with E-state index < -0.39 is 0 Å². The molecule has 0 saturated carbocycles. The topological polar surface area (TPSA) is 89.9 Å². The third-order valence-electron chi connectivity index (χ3n) is 1.49. The van der Waals surface area contributed by atoms with Crippen molar-refractivity contribution in [2.45, 2.75) is 12.5 Å². The van der Waals surface area contributed by atoms with E-state index in [2.05, 4.69) is 20.7 Å². The van der Waals surface area contributed by atoms with Crippen LogP contribution in [0.25, 0.3) is 10.4 Å². The van der Waals surface area contributed by atoms with Crippen molar-refractivity contribution in [1.82, 2.24) is 10.6 Å². The number of nitrogens with zero attached hydrogens (tertiary/aromatic N) is 3. The van der Waals surface area contributed by atoms with Gasteiger partial charge in [-0.25, -0.2) is 0 Å². The monoisotopic (exact) mass is 171 g/mol. The second kappa shape index (κ2) is 6.45. The third kappa shape index (κ3) is 3.80. The summed E-state index contributed by atoms with van der Waals surface area (Å²) in [5.74, 6) is -0.0920. The molecule has 0 aromatic carbocycles. The molecule has 0 saturated heterocycles. The van der Waals surface area contributed by atoms with Gasteiger partial charge in [0, 0.05) is 18.5 Å². The van der Waals surface area contributed by atoms with Crippen LogP contribution in [0.2, 0.25) is 0 Å². The molecule has 1 unspecified atom stereocenters. The number of hydrogen-bond acceptors (Lipinski definition) is 3. The Kier molecular flexibility index (Phi) is 5.77. The van der Waals surface area contributed by atoms with Gasteiger partial charge < -0.3 is 10.6 Å². The first kappa shape index (κ1) is 10.7. The van der Waals surface area contributed by atoms with E-state index in [-0.39, 0.29) is 11.9 Å². The Bertz CT molecular complexity index is 186. The standard InChI is InChI=1S/C6H13N5O/c1-8-5(6(12)9-2)3-4-10-11-7/h5,8H,3-4H2,1-2H3,(H,9,12). The summed E-state index contributed by atoms with van der Waals surface area (Å²) in [6, 6.07) is -0.277. The minimum absolute atomic E-state index is 0.0920. The van der Waals surface area contributed by atoms with Crippen LogP contribution in [0.3, 0.4) is 0 Å². The summed E-state index contributed by atoms with van der Waals surface area (Å²) in [5, 5.41) is 8.66. The lowest BCUT2D eigenvalue weighted by molar-refractivity contribution is -0.122. The van der Waals surface area contributed by atoms with Gasteiger partial charge in [-0.05, 0) is 19.0 Å². The van der Waals surface area contributed by atoms with Crippen LogP contribution >= 0.6 is 0 Å². The second-order valence-corrected chi connectivity index (χ2v) is 2.20. The Morgan fingerprint density at radius 2 is 2.33 bits per heavy atom. The third-order valence-corrected chi connectivity index (χ3v) is 1.49. The number of amides is 1. The molecule has 0 aliphatic heterocycles. The van der Waals surface area contributed by atoms with Crippen molar-refractivity contribution in [3.8, 4) is 0 Å². The molecule has 6 heteroatoms. The van der Waals surface area contributed by atoms with Gasteiger partial charge in [-0.15, -0.1) is 0 Å². The van der Waals surface area contributed by atoms with Gasteiger partial charge in [0.05, 0.1) is 6.04 Å². The maximum absolute atomic E-state index is 11.0. The zero-order chi connectivity index (χ0) is 9.40. The van der Waals surface area contributed by atoms with Crippen LogP contribution in [0, 0.1) is 0 Å². The minimum atomic E-state index is -0.277. The molecular formula is C6H13N5O. The quantitative estimate of drug-likeness (QED) is 0.347. The highest BCUT2D eigenvalue weighted by Gasteiger charge is 2.12. The van der Waals surface area contributed by atoms with Crippen molar-refractivity contribution < 1.29 is 4.79 Å². The highest BCUT2D eigenvalue weighted by molar-refractivity contribution is 5.81. The van der Waals surface area contributed by atoms with E-state index in [0.717, 1.165) is 0 Å². The Morgan fingerprint density at radius 3 is 2.75 bits per heavy atom. The first-order chi connectivity index (χ1) is 5.76. The zero-order valence-electron chi connectivity index (χ0n) is 7.24. The average molecular weight is 171 g/mol. The smallest absolute Gasteiger partial charge is 0.236 e. The average Bonchev–Trinajstić information content (AvgIpc) is 2.11. The van der Waals surface area contributed by atoms with Crippen molar-refractivity contribution in [2.24, 2.45) is 5.11 Å². The molecule has 68 valence electrons. The highest BCUT2D eigenvalue weighted by Crippen LogP contribution is 1.91. The van der Waals surface area contributed by atoms with E-state index >= 15 is 0 Å². The van der Waals surface area contributed by atoms with Gasteiger partial charge in [0.2, 0.25) is 5.91 Å². The lowest BCUT2D eigenvalue weighted by Gasteiger charge is -2.12. The van der Waals surface area contributed by atoms with E-state index in [9.17, 15) is 4.79 Å². The van der Waals surface area contributed by atoms with E-state index in [1.165, 1.54) is 0 Å². The number of rotatable bonds is 5. The van der Waals surface area contributed by atoms with Gasteiger partial charge in [-0.2, -0.15) is 0 Å². The predicted molar refractivity (Wildman–Crippen MR) is 45.5 cm³/mol. The van der Waals surface area contributed by atoms with Gasteiger partial charge in [-0.3, -0.25) is 4.79 Å². The molecule has 12 heavy (non-hydrogen) atoms. The van der Waals surface area contributed by atoms with Crippen LogP contribution in [0.1, 0.15) is 6.42 Å². The SMILES string of the molecule is CNC(=O)C(CCN=[N+]=[N-])NC. The molecule has 0 aromatic heterocycles. The van der Waals surface area contributed by atoms with Crippen molar-refractivity contribution in [2.75, 3.05) is 20.6 Å². The lowest BCUT2D eigenvalue weighted by atomic mass is 10.2. The molecule has 1 amide bonds. The number of hydrogen-bond donors (Lipinski definition) is 2. The van der Waals surface area contributed by atoms with Crippen LogP contribution in [0.5, 0.6) is 0 Å². The predicted octanol–water partition coefficient (Wildman–Crippen LogP) is 0.0208. The molecule has 2 N–H and O–H groups in total. The van der Waals surface area contributed by atoms with Crippen LogP contribution < -0.4 is 10.6 Å². The van der Waals surface area contributed by atoms with E-state index in [4.69, 9.17) is 5.53 Å². The first-order valence-corrected chi connectivity index (χ1v) is 3.66. The molecule has 0 rings (SSSR count). The van der Waals surface area contributed by atoms with Crippen molar-refractivity contribution in [3.63, 3.8) is 0 Å². The van der Waals surface area contributed by atoms with Crippen LogP contribution in [0.4, 0.5) is 0 Å². The fraction of sp³-hybridized carbons (Fsp3) is 0.833. The summed E-state index contributed by atoms with van der Waals surface area (Å²) >= 11 is 0. The largest absolute Gasteiger partial charge is 0.358 e. The summed E-state index contributed by atoms with van der Waals surface area (Å²) in [5.41, 5.74) is 7.99. The van der Waals surface area contributed by atoms with Gasteiger partial charge in [-0.1, -0.05) is 5.11 Å².